The number of hydrogen-bond acceptors (Lipinski definition) is 1. The van der Waals surface area contributed by atoms with Gasteiger partial charge >= 0.3 is 6.18 Å². The third-order valence-electron chi connectivity index (χ3n) is 2.91. The van der Waals surface area contributed by atoms with Crippen LogP contribution in [0, 0.1) is 0 Å². The largest absolute Gasteiger partial charge is 0.412 e. The Morgan fingerprint density at radius 3 is 2.11 bits per heavy atom. The third-order valence-corrected chi connectivity index (χ3v) is 2.91. The smallest absolute Gasteiger partial charge is 0.311 e. The van der Waals surface area contributed by atoms with Crippen molar-refractivity contribution in [2.75, 3.05) is 6.54 Å². The van der Waals surface area contributed by atoms with Crippen LogP contribution in [0.1, 0.15) is 47.0 Å². The van der Waals surface area contributed by atoms with E-state index in [-0.39, 0.29) is 12.5 Å². The molecule has 1 nitrogen and oxygen atoms in total. The molecular formula is C14H24F3N. The molecule has 1 unspecified atom stereocenters. The van der Waals surface area contributed by atoms with Gasteiger partial charge in [0.15, 0.2) is 0 Å². The molecule has 1 atom stereocenters. The summed E-state index contributed by atoms with van der Waals surface area (Å²) in [5, 5.41) is 3.28. The van der Waals surface area contributed by atoms with Gasteiger partial charge in [0.2, 0.25) is 0 Å². The van der Waals surface area contributed by atoms with E-state index in [4.69, 9.17) is 0 Å². The second kappa shape index (κ2) is 8.35. The number of halogens is 3. The van der Waals surface area contributed by atoms with Gasteiger partial charge in [-0.1, -0.05) is 38.5 Å². The first-order valence-corrected chi connectivity index (χ1v) is 6.56. The van der Waals surface area contributed by atoms with Crippen LogP contribution in [0.25, 0.3) is 0 Å². The van der Waals surface area contributed by atoms with Gasteiger partial charge in [-0.15, -0.1) is 0 Å². The first kappa shape index (κ1) is 17.2. The molecule has 18 heavy (non-hydrogen) atoms. The van der Waals surface area contributed by atoms with Gasteiger partial charge in [-0.2, -0.15) is 13.2 Å². The molecule has 0 aliphatic carbocycles. The van der Waals surface area contributed by atoms with Gasteiger partial charge in [0, 0.05) is 11.6 Å². The van der Waals surface area contributed by atoms with E-state index in [2.05, 4.69) is 12.2 Å². The van der Waals surface area contributed by atoms with Gasteiger partial charge in [-0.05, 0) is 32.7 Å². The highest BCUT2D eigenvalue weighted by Crippen LogP contribution is 2.28. The molecule has 0 aliphatic rings. The van der Waals surface area contributed by atoms with Crippen molar-refractivity contribution < 1.29 is 13.2 Å². The number of nitrogens with one attached hydrogen (secondary N) is 1. The normalized spacial score (nSPS) is 15.9. The minimum atomic E-state index is -4.22. The van der Waals surface area contributed by atoms with Crippen molar-refractivity contribution in [3.05, 3.63) is 23.3 Å². The average molecular weight is 263 g/mol. The number of alkyl halides is 3. The van der Waals surface area contributed by atoms with E-state index in [1.807, 2.05) is 13.8 Å². The quantitative estimate of drug-likeness (QED) is 0.661. The van der Waals surface area contributed by atoms with Gasteiger partial charge in [0.25, 0.3) is 0 Å². The molecule has 0 aromatic rings. The van der Waals surface area contributed by atoms with Crippen LogP contribution in [-0.4, -0.2) is 18.8 Å². The predicted molar refractivity (Wildman–Crippen MR) is 70.6 cm³/mol. The topological polar surface area (TPSA) is 12.0 Å². The fraction of sp³-hybridized carbons (Fsp3) is 0.714. The van der Waals surface area contributed by atoms with Crippen molar-refractivity contribution in [2.45, 2.75) is 59.2 Å². The lowest BCUT2D eigenvalue weighted by atomic mass is 10.0. The van der Waals surface area contributed by atoms with E-state index < -0.39 is 11.7 Å². The fourth-order valence-electron chi connectivity index (χ4n) is 1.68. The Hall–Kier alpha value is -0.770. The Balaban J connectivity index is 4.83. The van der Waals surface area contributed by atoms with E-state index in [0.29, 0.717) is 0 Å². The third kappa shape index (κ3) is 6.24. The zero-order valence-corrected chi connectivity index (χ0v) is 11.7. The van der Waals surface area contributed by atoms with Gasteiger partial charge in [-0.25, -0.2) is 0 Å². The van der Waals surface area contributed by atoms with Crippen LogP contribution >= 0.6 is 0 Å². The van der Waals surface area contributed by atoms with Crippen LogP contribution < -0.4 is 5.32 Å². The van der Waals surface area contributed by atoms with Crippen LogP contribution in [-0.2, 0) is 0 Å². The Morgan fingerprint density at radius 1 is 1.11 bits per heavy atom. The lowest BCUT2D eigenvalue weighted by Crippen LogP contribution is -2.28. The van der Waals surface area contributed by atoms with E-state index in [0.717, 1.165) is 25.0 Å². The van der Waals surface area contributed by atoms with Crippen molar-refractivity contribution in [3.63, 3.8) is 0 Å². The van der Waals surface area contributed by atoms with Gasteiger partial charge in [0.1, 0.15) is 0 Å². The molecule has 4 heteroatoms. The van der Waals surface area contributed by atoms with E-state index in [9.17, 15) is 13.2 Å². The van der Waals surface area contributed by atoms with Gasteiger partial charge < -0.3 is 5.32 Å². The second-order valence-corrected chi connectivity index (χ2v) is 4.31. The van der Waals surface area contributed by atoms with Crippen LogP contribution in [0.5, 0.6) is 0 Å². The van der Waals surface area contributed by atoms with Crippen LogP contribution in [0.3, 0.4) is 0 Å². The van der Waals surface area contributed by atoms with Crippen molar-refractivity contribution in [1.29, 1.82) is 0 Å². The van der Waals surface area contributed by atoms with E-state index >= 15 is 0 Å². The van der Waals surface area contributed by atoms with Crippen molar-refractivity contribution in [2.24, 2.45) is 0 Å². The van der Waals surface area contributed by atoms with E-state index in [1.165, 1.54) is 13.0 Å². The summed E-state index contributed by atoms with van der Waals surface area (Å²) in [5.41, 5.74) is 0.523. The van der Waals surface area contributed by atoms with Crippen molar-refractivity contribution >= 4 is 0 Å². The molecule has 106 valence electrons. The summed E-state index contributed by atoms with van der Waals surface area (Å²) in [6, 6.07) is 0.123. The minimum absolute atomic E-state index is 0.00770. The first-order chi connectivity index (χ1) is 8.36. The Kier molecular flexibility index (Phi) is 8.00. The molecule has 0 aromatic heterocycles. The van der Waals surface area contributed by atoms with Crippen molar-refractivity contribution in [1.82, 2.24) is 5.32 Å². The lowest BCUT2D eigenvalue weighted by Gasteiger charge is -2.16. The second-order valence-electron chi connectivity index (χ2n) is 4.31. The summed E-state index contributed by atoms with van der Waals surface area (Å²) < 4.78 is 37.7. The number of allylic oxidation sites excluding steroid dienone is 3. The zero-order chi connectivity index (χ0) is 14.2. The molecule has 0 spiro atoms. The molecule has 0 bridgehead atoms. The van der Waals surface area contributed by atoms with E-state index in [1.54, 1.807) is 6.08 Å². The van der Waals surface area contributed by atoms with Crippen LogP contribution in [0.4, 0.5) is 13.2 Å². The summed E-state index contributed by atoms with van der Waals surface area (Å²) in [4.78, 5) is 0. The van der Waals surface area contributed by atoms with Crippen LogP contribution in [0.15, 0.2) is 23.3 Å². The molecule has 0 amide bonds. The Labute approximate surface area is 108 Å². The summed E-state index contributed by atoms with van der Waals surface area (Å²) in [5.74, 6) is 0. The Morgan fingerprint density at radius 2 is 1.72 bits per heavy atom. The van der Waals surface area contributed by atoms with Crippen molar-refractivity contribution in [3.8, 4) is 0 Å². The molecule has 0 aliphatic heterocycles. The monoisotopic (exact) mass is 263 g/mol. The molecule has 0 fully saturated rings. The predicted octanol–water partition coefficient (Wildman–Crippen LogP) is 4.61. The molecular weight excluding hydrogens is 239 g/mol. The number of rotatable bonds is 7. The molecule has 0 saturated heterocycles. The molecule has 0 rings (SSSR count). The average Bonchev–Trinajstić information content (AvgIpc) is 2.30. The summed E-state index contributed by atoms with van der Waals surface area (Å²) in [7, 11) is 0. The minimum Gasteiger partial charge on any atom is -0.311 e. The maximum absolute atomic E-state index is 12.6. The Bertz CT molecular complexity index is 290. The fourth-order valence-corrected chi connectivity index (χ4v) is 1.68. The van der Waals surface area contributed by atoms with Gasteiger partial charge in [-0.3, -0.25) is 0 Å². The highest BCUT2D eigenvalue weighted by molar-refractivity contribution is 5.23. The molecule has 1 N–H and O–H groups in total. The zero-order valence-electron chi connectivity index (χ0n) is 11.7. The lowest BCUT2D eigenvalue weighted by molar-refractivity contribution is -0.0935. The maximum atomic E-state index is 12.6. The molecule has 0 heterocycles. The number of hydrogen-bond donors (Lipinski definition) is 1. The van der Waals surface area contributed by atoms with Gasteiger partial charge in [0.05, 0.1) is 0 Å². The summed E-state index contributed by atoms with van der Waals surface area (Å²) in [6.45, 7) is 8.41. The summed E-state index contributed by atoms with van der Waals surface area (Å²) >= 11 is 0. The molecule has 0 radical (unpaired) electrons. The SMILES string of the molecule is CCCNC(C)/C(=C/C=C(\CC)C(F)(F)F)CC. The first-order valence-electron chi connectivity index (χ1n) is 6.56. The highest BCUT2D eigenvalue weighted by Gasteiger charge is 2.31. The summed E-state index contributed by atoms with van der Waals surface area (Å²) in [6.07, 6.45) is 0.379. The van der Waals surface area contributed by atoms with Crippen LogP contribution in [0.2, 0.25) is 0 Å². The molecule has 0 saturated carbocycles. The maximum Gasteiger partial charge on any atom is 0.412 e. The standard InChI is InChI=1S/C14H24F3N/c1-5-10-18-11(4)12(6-2)8-9-13(7-3)14(15,16)17/h8-9,11,18H,5-7,10H2,1-4H3/b12-8+,13-9+. The highest BCUT2D eigenvalue weighted by atomic mass is 19.4. The molecule has 0 aromatic carbocycles.